The fraction of sp³-hybridized carbons (Fsp3) is 0.875. The molecule has 0 aliphatic carbocycles. The van der Waals surface area contributed by atoms with Gasteiger partial charge in [0.15, 0.2) is 0 Å². The Hall–Kier alpha value is -0.230. The van der Waals surface area contributed by atoms with Crippen LogP contribution in [-0.2, 0) is 14.6 Å². The summed E-state index contributed by atoms with van der Waals surface area (Å²) >= 11 is 1.49. The van der Waals surface area contributed by atoms with Gasteiger partial charge in [-0.15, -0.1) is 0 Å². The molecule has 0 aromatic heterocycles. The summed E-state index contributed by atoms with van der Waals surface area (Å²) in [6.45, 7) is 1.64. The molecule has 6 heteroatoms. The summed E-state index contributed by atoms with van der Waals surface area (Å²) in [6.07, 6.45) is 1.80. The monoisotopic (exact) mass is 240 g/mol. The van der Waals surface area contributed by atoms with Gasteiger partial charge in [0, 0.05) is 12.0 Å². The fourth-order valence-corrected chi connectivity index (χ4v) is 2.62. The van der Waals surface area contributed by atoms with Crippen molar-refractivity contribution in [2.24, 2.45) is 5.92 Å². The van der Waals surface area contributed by atoms with Crippen molar-refractivity contribution in [3.63, 3.8) is 0 Å². The van der Waals surface area contributed by atoms with Gasteiger partial charge in [0.25, 0.3) is 0 Å². The van der Waals surface area contributed by atoms with Gasteiger partial charge in [-0.3, -0.25) is 4.79 Å². The zero-order chi connectivity index (χ0) is 11.2. The molecule has 0 rings (SSSR count). The molecule has 84 valence electrons. The van der Waals surface area contributed by atoms with Crippen molar-refractivity contribution in [3.05, 3.63) is 0 Å². The molecule has 4 nitrogen and oxygen atoms in total. The Balaban J connectivity index is 3.44. The Morgan fingerprint density at radius 3 is 2.50 bits per heavy atom. The third kappa shape index (κ3) is 8.37. The molecule has 0 heterocycles. The summed E-state index contributed by atoms with van der Waals surface area (Å²) in [5, 5.41) is 8.56. The van der Waals surface area contributed by atoms with Crippen molar-refractivity contribution < 1.29 is 18.3 Å². The van der Waals surface area contributed by atoms with Crippen LogP contribution in [0.3, 0.4) is 0 Å². The highest BCUT2D eigenvalue weighted by atomic mass is 32.2. The minimum atomic E-state index is -2.87. The first-order chi connectivity index (χ1) is 6.33. The highest BCUT2D eigenvalue weighted by Gasteiger charge is 2.10. The average molecular weight is 240 g/mol. The lowest BCUT2D eigenvalue weighted by Gasteiger charge is -2.04. The number of carbonyl (C=O) groups is 1. The second-order valence-electron chi connectivity index (χ2n) is 3.30. The van der Waals surface area contributed by atoms with Crippen LogP contribution >= 0.6 is 11.8 Å². The van der Waals surface area contributed by atoms with Gasteiger partial charge in [-0.25, -0.2) is 8.42 Å². The van der Waals surface area contributed by atoms with Gasteiger partial charge in [-0.1, -0.05) is 6.92 Å². The van der Waals surface area contributed by atoms with Crippen molar-refractivity contribution in [3.8, 4) is 0 Å². The molecule has 1 unspecified atom stereocenters. The molecule has 0 saturated heterocycles. The number of rotatable bonds is 7. The van der Waals surface area contributed by atoms with Gasteiger partial charge in [0.1, 0.15) is 9.84 Å². The molecule has 0 aromatic carbocycles. The van der Waals surface area contributed by atoms with Gasteiger partial charge in [0.2, 0.25) is 0 Å². The van der Waals surface area contributed by atoms with E-state index in [-0.39, 0.29) is 11.7 Å². The number of carboxylic acids is 1. The zero-order valence-electron chi connectivity index (χ0n) is 8.39. The van der Waals surface area contributed by atoms with Gasteiger partial charge in [-0.2, -0.15) is 11.8 Å². The summed E-state index contributed by atoms with van der Waals surface area (Å²) in [7, 11) is -2.87. The molecule has 0 aromatic rings. The number of sulfone groups is 1. The Labute approximate surface area is 89.0 Å². The van der Waals surface area contributed by atoms with E-state index in [1.54, 1.807) is 6.92 Å². The Morgan fingerprint density at radius 2 is 2.07 bits per heavy atom. The van der Waals surface area contributed by atoms with E-state index in [2.05, 4.69) is 0 Å². The Bertz CT molecular complexity index is 271. The van der Waals surface area contributed by atoms with Crippen LogP contribution in [0, 0.1) is 5.92 Å². The molecule has 0 fully saturated rings. The van der Waals surface area contributed by atoms with E-state index in [1.165, 1.54) is 18.0 Å². The molecule has 0 amide bonds. The summed E-state index contributed by atoms with van der Waals surface area (Å²) < 4.78 is 21.5. The SMILES string of the molecule is CC(CSCCCS(C)(=O)=O)C(=O)O. The van der Waals surface area contributed by atoms with Crippen molar-refractivity contribution in [1.29, 1.82) is 0 Å². The average Bonchev–Trinajstić information content (AvgIpc) is 2.01. The Morgan fingerprint density at radius 1 is 1.50 bits per heavy atom. The number of thioether (sulfide) groups is 1. The molecule has 0 spiro atoms. The maximum absolute atomic E-state index is 10.7. The smallest absolute Gasteiger partial charge is 0.307 e. The second kappa shape index (κ2) is 6.29. The molecule has 0 radical (unpaired) electrons. The predicted molar refractivity (Wildman–Crippen MR) is 58.5 cm³/mol. The van der Waals surface area contributed by atoms with Gasteiger partial charge in [0.05, 0.1) is 11.7 Å². The molecule has 0 bridgehead atoms. The normalized spacial score (nSPS) is 13.9. The van der Waals surface area contributed by atoms with E-state index in [9.17, 15) is 13.2 Å². The second-order valence-corrected chi connectivity index (χ2v) is 6.71. The van der Waals surface area contributed by atoms with Crippen LogP contribution in [0.5, 0.6) is 0 Å². The molecular formula is C8H16O4S2. The molecular weight excluding hydrogens is 224 g/mol. The van der Waals surface area contributed by atoms with Gasteiger partial charge < -0.3 is 5.11 Å². The van der Waals surface area contributed by atoms with Gasteiger partial charge >= 0.3 is 5.97 Å². The first-order valence-electron chi connectivity index (χ1n) is 4.31. The van der Waals surface area contributed by atoms with Crippen LogP contribution in [-0.4, -0.2) is 43.0 Å². The predicted octanol–water partition coefficient (Wildman–Crippen LogP) is 0.875. The molecule has 0 aliphatic rings. The minimum absolute atomic E-state index is 0.182. The largest absolute Gasteiger partial charge is 0.481 e. The summed E-state index contributed by atoms with van der Waals surface area (Å²) in [4.78, 5) is 10.4. The van der Waals surface area contributed by atoms with Crippen molar-refractivity contribution >= 4 is 27.6 Å². The third-order valence-corrected chi connectivity index (χ3v) is 3.94. The lowest BCUT2D eigenvalue weighted by molar-refractivity contribution is -0.140. The summed E-state index contributed by atoms with van der Waals surface area (Å²) in [5.74, 6) is 0.254. The van der Waals surface area contributed by atoms with Crippen LogP contribution < -0.4 is 0 Å². The molecule has 14 heavy (non-hydrogen) atoms. The topological polar surface area (TPSA) is 71.4 Å². The number of carboxylic acid groups (broad SMARTS) is 1. The van der Waals surface area contributed by atoms with Gasteiger partial charge in [-0.05, 0) is 12.2 Å². The minimum Gasteiger partial charge on any atom is -0.481 e. The van der Waals surface area contributed by atoms with E-state index in [0.29, 0.717) is 17.9 Å². The van der Waals surface area contributed by atoms with E-state index in [0.717, 1.165) is 0 Å². The van der Waals surface area contributed by atoms with Crippen LogP contribution in [0.4, 0.5) is 0 Å². The first-order valence-corrected chi connectivity index (χ1v) is 7.52. The summed E-state index contributed by atoms with van der Waals surface area (Å²) in [5.41, 5.74) is 0. The van der Waals surface area contributed by atoms with E-state index >= 15 is 0 Å². The molecule has 0 saturated carbocycles. The standard InChI is InChI=1S/C8H16O4S2/c1-7(8(9)10)6-13-4-3-5-14(2,11)12/h7H,3-6H2,1-2H3,(H,9,10). The quantitative estimate of drug-likeness (QED) is 0.669. The fourth-order valence-electron chi connectivity index (χ4n) is 0.755. The molecule has 1 N–H and O–H groups in total. The first kappa shape index (κ1) is 13.8. The van der Waals surface area contributed by atoms with Crippen molar-refractivity contribution in [2.45, 2.75) is 13.3 Å². The van der Waals surface area contributed by atoms with Crippen LogP contribution in [0.25, 0.3) is 0 Å². The maximum Gasteiger partial charge on any atom is 0.307 e. The number of hydrogen-bond donors (Lipinski definition) is 1. The van der Waals surface area contributed by atoms with Crippen molar-refractivity contribution in [1.82, 2.24) is 0 Å². The highest BCUT2D eigenvalue weighted by molar-refractivity contribution is 7.99. The van der Waals surface area contributed by atoms with E-state index in [1.807, 2.05) is 0 Å². The van der Waals surface area contributed by atoms with Crippen molar-refractivity contribution in [2.75, 3.05) is 23.5 Å². The molecule has 1 atom stereocenters. The maximum atomic E-state index is 10.7. The lowest BCUT2D eigenvalue weighted by atomic mass is 10.2. The Kier molecular flexibility index (Phi) is 6.19. The summed E-state index contributed by atoms with van der Waals surface area (Å²) in [6, 6.07) is 0. The van der Waals surface area contributed by atoms with Crippen LogP contribution in [0.2, 0.25) is 0 Å². The number of hydrogen-bond acceptors (Lipinski definition) is 4. The van der Waals surface area contributed by atoms with E-state index < -0.39 is 15.8 Å². The lowest BCUT2D eigenvalue weighted by Crippen LogP contribution is -2.12. The third-order valence-electron chi connectivity index (χ3n) is 1.59. The van der Waals surface area contributed by atoms with E-state index in [4.69, 9.17) is 5.11 Å². The highest BCUT2D eigenvalue weighted by Crippen LogP contribution is 2.10. The molecule has 0 aliphatic heterocycles. The number of aliphatic carboxylic acids is 1. The van der Waals surface area contributed by atoms with Crippen LogP contribution in [0.15, 0.2) is 0 Å². The zero-order valence-corrected chi connectivity index (χ0v) is 10.0. The van der Waals surface area contributed by atoms with Crippen LogP contribution in [0.1, 0.15) is 13.3 Å².